The molecule has 5 N–H and O–H groups in total. The zero-order valence-electron chi connectivity index (χ0n) is 15.9. The van der Waals surface area contributed by atoms with Crippen molar-refractivity contribution in [3.8, 4) is 11.1 Å². The van der Waals surface area contributed by atoms with Gasteiger partial charge in [0.25, 0.3) is 5.90 Å². The van der Waals surface area contributed by atoms with Crippen molar-refractivity contribution in [1.29, 1.82) is 5.41 Å². The lowest BCUT2D eigenvalue weighted by atomic mass is 9.95. The molecular weight excluding hydrogens is 374 g/mol. The van der Waals surface area contributed by atoms with Gasteiger partial charge in [-0.05, 0) is 29.5 Å². The molecule has 8 heteroatoms. The number of primary amides is 1. The van der Waals surface area contributed by atoms with E-state index >= 15 is 0 Å². The zero-order valence-corrected chi connectivity index (χ0v) is 15.9. The minimum atomic E-state index is -1.27. The predicted molar refractivity (Wildman–Crippen MR) is 107 cm³/mol. The average molecular weight is 397 g/mol. The highest BCUT2D eigenvalue weighted by Crippen LogP contribution is 2.20. The number of hydrogen-bond acceptors (Lipinski definition) is 5. The molecule has 0 spiro atoms. The Morgan fingerprint density at radius 3 is 2.21 bits per heavy atom. The smallest absolute Gasteiger partial charge is 0.411 e. The standard InChI is InChI=1S/C21H23N3O5/c1-13(20(26)27)11-17(24-19(25)18(22)29-21(23)28)12-14-7-9-16(10-8-14)15-5-3-2-4-6-15/h2-10,13,17,22H,11-12H2,1H3,(H2,23,28)(H,24,25)(H,26,27)/t13-,17+/m1/s1. The van der Waals surface area contributed by atoms with Crippen LogP contribution in [-0.4, -0.2) is 35.0 Å². The lowest BCUT2D eigenvalue weighted by Gasteiger charge is -2.21. The van der Waals surface area contributed by atoms with E-state index in [1.54, 1.807) is 0 Å². The summed E-state index contributed by atoms with van der Waals surface area (Å²) in [5.74, 6) is -3.58. The van der Waals surface area contributed by atoms with Crippen molar-refractivity contribution in [2.75, 3.05) is 0 Å². The van der Waals surface area contributed by atoms with Crippen molar-refractivity contribution in [2.24, 2.45) is 11.7 Å². The van der Waals surface area contributed by atoms with Gasteiger partial charge in [0.1, 0.15) is 0 Å². The molecule has 0 bridgehead atoms. The molecule has 0 fully saturated rings. The number of aliphatic carboxylic acids is 1. The number of amides is 2. The third-order valence-corrected chi connectivity index (χ3v) is 4.35. The fraction of sp³-hybridized carbons (Fsp3) is 0.238. The molecule has 2 amide bonds. The van der Waals surface area contributed by atoms with Crippen LogP contribution in [0, 0.1) is 11.3 Å². The maximum Gasteiger partial charge on any atom is 0.411 e. The number of rotatable bonds is 7. The normalized spacial score (nSPS) is 12.4. The number of benzene rings is 2. The van der Waals surface area contributed by atoms with E-state index < -0.39 is 35.8 Å². The number of carbonyl (C=O) groups is 3. The molecule has 0 aliphatic rings. The Kier molecular flexibility index (Phi) is 7.47. The SMILES string of the molecule is C[C@H](C[C@@H](Cc1ccc(-c2ccccc2)cc1)NC(=O)C(=N)OC(N)=O)C(=O)O. The van der Waals surface area contributed by atoms with Crippen LogP contribution in [0.2, 0.25) is 0 Å². The fourth-order valence-electron chi connectivity index (χ4n) is 2.87. The second kappa shape index (κ2) is 10.0. The van der Waals surface area contributed by atoms with E-state index in [2.05, 4.69) is 10.1 Å². The minimum Gasteiger partial charge on any atom is -0.481 e. The first-order valence-electron chi connectivity index (χ1n) is 9.00. The quantitative estimate of drug-likeness (QED) is 0.419. The number of hydrogen-bond donors (Lipinski definition) is 4. The van der Waals surface area contributed by atoms with E-state index in [-0.39, 0.29) is 6.42 Å². The van der Waals surface area contributed by atoms with E-state index in [1.165, 1.54) is 6.92 Å². The van der Waals surface area contributed by atoms with E-state index in [1.807, 2.05) is 54.6 Å². The van der Waals surface area contributed by atoms with E-state index in [9.17, 15) is 19.5 Å². The summed E-state index contributed by atoms with van der Waals surface area (Å²) >= 11 is 0. The maximum atomic E-state index is 12.1. The molecule has 2 rings (SSSR count). The molecule has 0 aromatic heterocycles. The largest absolute Gasteiger partial charge is 0.481 e. The summed E-state index contributed by atoms with van der Waals surface area (Å²) in [5, 5.41) is 19.2. The molecule has 2 aromatic rings. The van der Waals surface area contributed by atoms with Crippen LogP contribution in [0.15, 0.2) is 54.6 Å². The molecule has 0 saturated heterocycles. The highest BCUT2D eigenvalue weighted by Gasteiger charge is 2.23. The van der Waals surface area contributed by atoms with Crippen molar-refractivity contribution in [3.05, 3.63) is 60.2 Å². The van der Waals surface area contributed by atoms with Crippen LogP contribution in [0.5, 0.6) is 0 Å². The van der Waals surface area contributed by atoms with Gasteiger partial charge < -0.3 is 20.9 Å². The van der Waals surface area contributed by atoms with Crippen LogP contribution < -0.4 is 11.1 Å². The minimum absolute atomic E-state index is 0.144. The zero-order chi connectivity index (χ0) is 21.4. The Bertz CT molecular complexity index is 881. The van der Waals surface area contributed by atoms with Crippen molar-refractivity contribution >= 4 is 23.9 Å². The van der Waals surface area contributed by atoms with Gasteiger partial charge in [-0.25, -0.2) is 4.79 Å². The van der Waals surface area contributed by atoms with Crippen LogP contribution in [0.4, 0.5) is 4.79 Å². The van der Waals surface area contributed by atoms with Crippen molar-refractivity contribution in [3.63, 3.8) is 0 Å². The molecule has 2 aromatic carbocycles. The lowest BCUT2D eigenvalue weighted by molar-refractivity contribution is -0.141. The van der Waals surface area contributed by atoms with Crippen molar-refractivity contribution in [1.82, 2.24) is 5.32 Å². The van der Waals surface area contributed by atoms with Gasteiger partial charge in [-0.15, -0.1) is 0 Å². The van der Waals surface area contributed by atoms with E-state index in [4.69, 9.17) is 11.1 Å². The number of ether oxygens (including phenoxy) is 1. The summed E-state index contributed by atoms with van der Waals surface area (Å²) in [4.78, 5) is 34.0. The third kappa shape index (κ3) is 6.76. The Morgan fingerprint density at radius 1 is 1.07 bits per heavy atom. The van der Waals surface area contributed by atoms with Gasteiger partial charge in [0.15, 0.2) is 0 Å². The average Bonchev–Trinajstić information content (AvgIpc) is 2.68. The number of carboxylic acid groups (broad SMARTS) is 1. The van der Waals surface area contributed by atoms with Crippen molar-refractivity contribution in [2.45, 2.75) is 25.8 Å². The van der Waals surface area contributed by atoms with Crippen LogP contribution >= 0.6 is 0 Å². The molecular formula is C21H23N3O5. The second-order valence-corrected chi connectivity index (χ2v) is 6.66. The van der Waals surface area contributed by atoms with Crippen LogP contribution in [0.1, 0.15) is 18.9 Å². The van der Waals surface area contributed by atoms with Gasteiger partial charge in [-0.3, -0.25) is 15.0 Å². The number of carboxylic acids is 1. The topological polar surface area (TPSA) is 143 Å². The molecule has 29 heavy (non-hydrogen) atoms. The molecule has 0 radical (unpaired) electrons. The molecule has 8 nitrogen and oxygen atoms in total. The monoisotopic (exact) mass is 397 g/mol. The number of carbonyl (C=O) groups excluding carboxylic acids is 2. The summed E-state index contributed by atoms with van der Waals surface area (Å²) in [6.45, 7) is 1.53. The fourth-order valence-corrected chi connectivity index (χ4v) is 2.87. The molecule has 0 aliphatic heterocycles. The molecule has 0 saturated carbocycles. The summed E-state index contributed by atoms with van der Waals surface area (Å²) in [7, 11) is 0. The Balaban J connectivity index is 2.12. The Morgan fingerprint density at radius 2 is 1.66 bits per heavy atom. The van der Waals surface area contributed by atoms with Gasteiger partial charge in [-0.1, -0.05) is 61.5 Å². The molecule has 152 valence electrons. The summed E-state index contributed by atoms with van der Waals surface area (Å²) < 4.78 is 4.27. The maximum absolute atomic E-state index is 12.1. The first-order chi connectivity index (χ1) is 13.8. The first-order valence-corrected chi connectivity index (χ1v) is 9.00. The highest BCUT2D eigenvalue weighted by molar-refractivity contribution is 6.35. The lowest BCUT2D eigenvalue weighted by Crippen LogP contribution is -2.43. The van der Waals surface area contributed by atoms with Gasteiger partial charge in [0, 0.05) is 6.04 Å². The first kappa shape index (κ1) is 21.6. The Hall–Kier alpha value is -3.68. The van der Waals surface area contributed by atoms with Crippen LogP contribution in [0.3, 0.4) is 0 Å². The van der Waals surface area contributed by atoms with Crippen LogP contribution in [-0.2, 0) is 20.7 Å². The number of nitrogens with two attached hydrogens (primary N) is 1. The molecule has 0 heterocycles. The number of nitrogens with one attached hydrogen (secondary N) is 2. The van der Waals surface area contributed by atoms with E-state index in [0.29, 0.717) is 6.42 Å². The van der Waals surface area contributed by atoms with Crippen molar-refractivity contribution < 1.29 is 24.2 Å². The molecule has 0 aliphatic carbocycles. The molecule has 0 unspecified atom stereocenters. The summed E-state index contributed by atoms with van der Waals surface area (Å²) in [6, 6.07) is 17.0. The third-order valence-electron chi connectivity index (χ3n) is 4.35. The van der Waals surface area contributed by atoms with Gasteiger partial charge in [0.05, 0.1) is 5.92 Å². The van der Waals surface area contributed by atoms with Gasteiger partial charge >= 0.3 is 18.0 Å². The van der Waals surface area contributed by atoms with Gasteiger partial charge in [-0.2, -0.15) is 0 Å². The van der Waals surface area contributed by atoms with Gasteiger partial charge in [0.2, 0.25) is 0 Å². The highest BCUT2D eigenvalue weighted by atomic mass is 16.6. The van der Waals surface area contributed by atoms with E-state index in [0.717, 1.165) is 16.7 Å². The Labute approximate surface area is 168 Å². The predicted octanol–water partition coefficient (Wildman–Crippen LogP) is 2.56. The van der Waals surface area contributed by atoms with Crippen LogP contribution in [0.25, 0.3) is 11.1 Å². The molecule has 2 atom stereocenters. The summed E-state index contributed by atoms with van der Waals surface area (Å²) in [5.41, 5.74) is 7.80. The summed E-state index contributed by atoms with van der Waals surface area (Å²) in [6.07, 6.45) is -0.773. The second-order valence-electron chi connectivity index (χ2n) is 6.66.